The molecular weight excluding hydrogens is 278 g/mol. The summed E-state index contributed by atoms with van der Waals surface area (Å²) in [6.07, 6.45) is 6.61. The first-order valence-corrected chi connectivity index (χ1v) is 7.13. The predicted molar refractivity (Wildman–Crippen MR) is 85.1 cm³/mol. The summed E-state index contributed by atoms with van der Waals surface area (Å²) in [5.41, 5.74) is 2.19. The molecule has 0 fully saturated rings. The third-order valence-electron chi connectivity index (χ3n) is 3.11. The molecular formula is C16H21N5O. The summed E-state index contributed by atoms with van der Waals surface area (Å²) in [5.74, 6) is -0.0857. The minimum atomic E-state index is -0.0857. The molecule has 0 radical (unpaired) electrons. The van der Waals surface area contributed by atoms with Crippen molar-refractivity contribution in [1.29, 1.82) is 0 Å². The van der Waals surface area contributed by atoms with Gasteiger partial charge in [0.1, 0.15) is 12.7 Å². The van der Waals surface area contributed by atoms with Crippen LogP contribution >= 0.6 is 0 Å². The fraction of sp³-hybridized carbons (Fsp3) is 0.312. The number of carbonyl (C=O) groups excluding carboxylic acids is 1. The average Bonchev–Trinajstić information content (AvgIpc) is 2.99. The Balaban J connectivity index is 1.92. The number of benzene rings is 1. The van der Waals surface area contributed by atoms with Gasteiger partial charge in [-0.3, -0.25) is 4.79 Å². The number of nitrogens with one attached hydrogen (secondary N) is 1. The summed E-state index contributed by atoms with van der Waals surface area (Å²) >= 11 is 0. The lowest BCUT2D eigenvalue weighted by Gasteiger charge is -2.10. The number of nitrogens with zero attached hydrogens (tertiary/aromatic N) is 4. The van der Waals surface area contributed by atoms with Crippen LogP contribution in [0.3, 0.4) is 0 Å². The third kappa shape index (κ3) is 5.14. The van der Waals surface area contributed by atoms with E-state index < -0.39 is 0 Å². The van der Waals surface area contributed by atoms with Crippen LogP contribution in [0.4, 0.5) is 0 Å². The van der Waals surface area contributed by atoms with E-state index in [9.17, 15) is 4.79 Å². The average molecular weight is 299 g/mol. The van der Waals surface area contributed by atoms with Gasteiger partial charge in [0.15, 0.2) is 0 Å². The Kier molecular flexibility index (Phi) is 5.85. The highest BCUT2D eigenvalue weighted by Crippen LogP contribution is 2.09. The van der Waals surface area contributed by atoms with Gasteiger partial charge in [-0.05, 0) is 25.2 Å². The van der Waals surface area contributed by atoms with E-state index in [2.05, 4.69) is 15.4 Å². The molecule has 0 unspecified atom stereocenters. The fourth-order valence-corrected chi connectivity index (χ4v) is 1.98. The van der Waals surface area contributed by atoms with Gasteiger partial charge in [0.2, 0.25) is 5.91 Å². The van der Waals surface area contributed by atoms with Crippen LogP contribution in [0.2, 0.25) is 0 Å². The molecule has 0 aliphatic rings. The first-order chi connectivity index (χ1) is 10.6. The molecule has 22 heavy (non-hydrogen) atoms. The Morgan fingerprint density at radius 2 is 2.09 bits per heavy atom. The molecule has 2 rings (SSSR count). The molecule has 2 aromatic rings. The second kappa shape index (κ2) is 8.09. The highest BCUT2D eigenvalue weighted by Gasteiger charge is 2.04. The quantitative estimate of drug-likeness (QED) is 0.777. The Labute approximate surface area is 130 Å². The van der Waals surface area contributed by atoms with Crippen molar-refractivity contribution in [2.24, 2.45) is 0 Å². The van der Waals surface area contributed by atoms with E-state index in [0.717, 1.165) is 17.7 Å². The summed E-state index contributed by atoms with van der Waals surface area (Å²) < 4.78 is 1.76. The molecule has 1 N–H and O–H groups in total. The number of rotatable bonds is 7. The zero-order valence-electron chi connectivity index (χ0n) is 12.9. The van der Waals surface area contributed by atoms with E-state index in [1.165, 1.54) is 6.33 Å². The van der Waals surface area contributed by atoms with Gasteiger partial charge in [0.05, 0.1) is 6.54 Å². The van der Waals surface area contributed by atoms with Crippen LogP contribution < -0.4 is 5.32 Å². The number of amides is 1. The lowest BCUT2D eigenvalue weighted by atomic mass is 10.1. The highest BCUT2D eigenvalue weighted by molar-refractivity contribution is 5.87. The molecule has 0 aliphatic carbocycles. The van der Waals surface area contributed by atoms with E-state index in [1.807, 2.05) is 49.3 Å². The van der Waals surface area contributed by atoms with Crippen molar-refractivity contribution in [3.05, 3.63) is 60.2 Å². The van der Waals surface area contributed by atoms with Crippen LogP contribution in [0.25, 0.3) is 0 Å². The molecule has 1 aromatic heterocycles. The molecule has 1 aromatic carbocycles. The monoisotopic (exact) mass is 299 g/mol. The third-order valence-corrected chi connectivity index (χ3v) is 3.11. The molecule has 1 heterocycles. The Morgan fingerprint density at radius 3 is 2.77 bits per heavy atom. The summed E-state index contributed by atoms with van der Waals surface area (Å²) in [5, 5.41) is 7.01. The van der Waals surface area contributed by atoms with Gasteiger partial charge in [-0.2, -0.15) is 5.10 Å². The number of likely N-dealkylation sites (N-methyl/N-ethyl adjacent to an activating group) is 1. The van der Waals surface area contributed by atoms with Gasteiger partial charge in [-0.15, -0.1) is 0 Å². The van der Waals surface area contributed by atoms with Crippen LogP contribution in [0.1, 0.15) is 11.1 Å². The van der Waals surface area contributed by atoms with Gasteiger partial charge in [-0.1, -0.05) is 30.3 Å². The van der Waals surface area contributed by atoms with Crippen molar-refractivity contribution >= 4 is 5.91 Å². The lowest BCUT2D eigenvalue weighted by molar-refractivity contribution is -0.116. The lowest BCUT2D eigenvalue weighted by Crippen LogP contribution is -2.22. The van der Waals surface area contributed by atoms with Crippen LogP contribution in [-0.4, -0.2) is 46.2 Å². The SMILES string of the molecule is CN(C)C/C=C/C(=O)NCc1ccccc1Cn1cncn1. The molecule has 116 valence electrons. The smallest absolute Gasteiger partial charge is 0.243 e. The number of aromatic nitrogens is 3. The number of hydrogen-bond acceptors (Lipinski definition) is 4. The standard InChI is InChI=1S/C16H21N5O/c1-20(2)9-5-8-16(22)18-10-14-6-3-4-7-15(14)11-21-13-17-12-19-21/h3-8,12-13H,9-11H2,1-2H3,(H,18,22)/b8-5+. The van der Waals surface area contributed by atoms with Crippen molar-refractivity contribution < 1.29 is 4.79 Å². The van der Waals surface area contributed by atoms with E-state index in [1.54, 1.807) is 17.1 Å². The highest BCUT2D eigenvalue weighted by atomic mass is 16.1. The maximum absolute atomic E-state index is 11.8. The van der Waals surface area contributed by atoms with Crippen LogP contribution in [0, 0.1) is 0 Å². The summed E-state index contributed by atoms with van der Waals surface area (Å²) in [4.78, 5) is 17.7. The van der Waals surface area contributed by atoms with Crippen molar-refractivity contribution in [2.45, 2.75) is 13.1 Å². The summed E-state index contributed by atoms with van der Waals surface area (Å²) in [7, 11) is 3.92. The Bertz CT molecular complexity index is 619. The predicted octanol–water partition coefficient (Wildman–Crippen LogP) is 1.06. The van der Waals surface area contributed by atoms with E-state index >= 15 is 0 Å². The van der Waals surface area contributed by atoms with Crippen LogP contribution in [-0.2, 0) is 17.9 Å². The summed E-state index contributed by atoms with van der Waals surface area (Å²) in [6, 6.07) is 7.99. The van der Waals surface area contributed by atoms with Crippen molar-refractivity contribution in [2.75, 3.05) is 20.6 Å². The van der Waals surface area contributed by atoms with E-state index in [0.29, 0.717) is 13.1 Å². The maximum Gasteiger partial charge on any atom is 0.243 e. The Hall–Kier alpha value is -2.47. The number of hydrogen-bond donors (Lipinski definition) is 1. The molecule has 0 aliphatic heterocycles. The van der Waals surface area contributed by atoms with E-state index in [4.69, 9.17) is 0 Å². The maximum atomic E-state index is 11.8. The zero-order valence-corrected chi connectivity index (χ0v) is 12.9. The normalized spacial score (nSPS) is 11.2. The van der Waals surface area contributed by atoms with E-state index in [-0.39, 0.29) is 5.91 Å². The number of carbonyl (C=O) groups is 1. The molecule has 0 atom stereocenters. The van der Waals surface area contributed by atoms with Crippen LogP contribution in [0.5, 0.6) is 0 Å². The molecule has 6 heteroatoms. The van der Waals surface area contributed by atoms with Crippen molar-refractivity contribution in [3.63, 3.8) is 0 Å². The molecule has 0 spiro atoms. The van der Waals surface area contributed by atoms with Gasteiger partial charge >= 0.3 is 0 Å². The minimum Gasteiger partial charge on any atom is -0.348 e. The van der Waals surface area contributed by atoms with Crippen molar-refractivity contribution in [1.82, 2.24) is 25.0 Å². The first kappa shape index (κ1) is 15.9. The zero-order chi connectivity index (χ0) is 15.8. The van der Waals surface area contributed by atoms with Crippen LogP contribution in [0.15, 0.2) is 49.1 Å². The molecule has 1 amide bonds. The van der Waals surface area contributed by atoms with Crippen molar-refractivity contribution in [3.8, 4) is 0 Å². The Morgan fingerprint density at radius 1 is 1.32 bits per heavy atom. The van der Waals surface area contributed by atoms with Gasteiger partial charge < -0.3 is 10.2 Å². The largest absolute Gasteiger partial charge is 0.348 e. The fourth-order valence-electron chi connectivity index (χ4n) is 1.98. The molecule has 6 nitrogen and oxygen atoms in total. The summed E-state index contributed by atoms with van der Waals surface area (Å²) in [6.45, 7) is 1.88. The first-order valence-electron chi connectivity index (χ1n) is 7.13. The van der Waals surface area contributed by atoms with Gasteiger partial charge in [0, 0.05) is 19.2 Å². The minimum absolute atomic E-state index is 0.0857. The van der Waals surface area contributed by atoms with Gasteiger partial charge in [-0.25, -0.2) is 9.67 Å². The second-order valence-electron chi connectivity index (χ2n) is 5.24. The second-order valence-corrected chi connectivity index (χ2v) is 5.24. The molecule has 0 saturated heterocycles. The topological polar surface area (TPSA) is 63.1 Å². The molecule has 0 saturated carbocycles. The van der Waals surface area contributed by atoms with Gasteiger partial charge in [0.25, 0.3) is 0 Å². The molecule has 0 bridgehead atoms.